The molecule has 156 valence electrons. The van der Waals surface area contributed by atoms with E-state index in [1.807, 2.05) is 13.8 Å². The molecule has 0 unspecified atom stereocenters. The van der Waals surface area contributed by atoms with Crippen molar-refractivity contribution in [1.82, 2.24) is 0 Å². The van der Waals surface area contributed by atoms with Crippen LogP contribution in [0.15, 0.2) is 58.8 Å². The van der Waals surface area contributed by atoms with Crippen molar-refractivity contribution in [1.29, 1.82) is 0 Å². The van der Waals surface area contributed by atoms with Crippen molar-refractivity contribution >= 4 is 11.4 Å². The van der Waals surface area contributed by atoms with Crippen LogP contribution in [0.1, 0.15) is 37.5 Å². The number of alkyl halides is 3. The molecular weight excluding hydrogens is 385 g/mol. The molecule has 0 saturated heterocycles. The lowest BCUT2D eigenvalue weighted by molar-refractivity contribution is -0.137. The highest BCUT2D eigenvalue weighted by molar-refractivity contribution is 6.47. The van der Waals surface area contributed by atoms with Crippen LogP contribution < -0.4 is 4.74 Å². The predicted molar refractivity (Wildman–Crippen MR) is 105 cm³/mol. The van der Waals surface area contributed by atoms with Crippen molar-refractivity contribution in [2.45, 2.75) is 33.6 Å². The average molecular weight is 408 g/mol. The lowest BCUT2D eigenvalue weighted by Gasteiger charge is -2.11. The number of halogens is 3. The molecule has 0 saturated carbocycles. The summed E-state index contributed by atoms with van der Waals surface area (Å²) in [5, 5.41) is 8.06. The van der Waals surface area contributed by atoms with Crippen LogP contribution in [0.5, 0.6) is 5.75 Å². The van der Waals surface area contributed by atoms with E-state index >= 15 is 0 Å². The van der Waals surface area contributed by atoms with Crippen LogP contribution in [-0.2, 0) is 22.5 Å². The molecule has 0 aromatic heterocycles. The van der Waals surface area contributed by atoms with Gasteiger partial charge in [0.15, 0.2) is 0 Å². The van der Waals surface area contributed by atoms with Crippen LogP contribution in [0.25, 0.3) is 0 Å². The van der Waals surface area contributed by atoms with E-state index in [9.17, 15) is 13.2 Å². The number of oxime groups is 2. The summed E-state index contributed by atoms with van der Waals surface area (Å²) < 4.78 is 44.0. The van der Waals surface area contributed by atoms with Gasteiger partial charge in [-0.25, -0.2) is 0 Å². The monoisotopic (exact) mass is 408 g/mol. The summed E-state index contributed by atoms with van der Waals surface area (Å²) in [5.41, 5.74) is 1.55. The largest absolute Gasteiger partial charge is 0.489 e. The van der Waals surface area contributed by atoms with Crippen LogP contribution in [0.4, 0.5) is 13.2 Å². The Kier molecular flexibility index (Phi) is 8.06. The number of nitrogens with zero attached hydrogens (tertiary/aromatic N) is 2. The highest BCUT2D eigenvalue weighted by Crippen LogP contribution is 2.29. The van der Waals surface area contributed by atoms with Crippen molar-refractivity contribution in [2.24, 2.45) is 10.3 Å². The summed E-state index contributed by atoms with van der Waals surface area (Å²) in [4.78, 5) is 10.2. The summed E-state index contributed by atoms with van der Waals surface area (Å²) >= 11 is 0. The lowest BCUT2D eigenvalue weighted by Crippen LogP contribution is -2.14. The Morgan fingerprint density at radius 2 is 1.59 bits per heavy atom. The second-order valence-corrected chi connectivity index (χ2v) is 5.96. The van der Waals surface area contributed by atoms with Crippen molar-refractivity contribution in [3.63, 3.8) is 0 Å². The van der Waals surface area contributed by atoms with Gasteiger partial charge in [0.05, 0.1) is 5.56 Å². The van der Waals surface area contributed by atoms with E-state index in [4.69, 9.17) is 14.4 Å². The number of ether oxygens (including phenoxy) is 1. The zero-order chi connectivity index (χ0) is 21.3. The molecule has 0 atom stereocenters. The first-order valence-corrected chi connectivity index (χ1v) is 9.11. The van der Waals surface area contributed by atoms with Crippen LogP contribution in [0, 0.1) is 0 Å². The van der Waals surface area contributed by atoms with Gasteiger partial charge in [-0.05, 0) is 62.7 Å². The van der Waals surface area contributed by atoms with Gasteiger partial charge in [0, 0.05) is 5.56 Å². The fourth-order valence-corrected chi connectivity index (χ4v) is 2.37. The van der Waals surface area contributed by atoms with Crippen molar-refractivity contribution in [3.8, 4) is 5.75 Å². The summed E-state index contributed by atoms with van der Waals surface area (Å²) in [6.07, 6.45) is -4.38. The second kappa shape index (κ2) is 10.5. The predicted octanol–water partition coefficient (Wildman–Crippen LogP) is 5.44. The maximum Gasteiger partial charge on any atom is 0.416 e. The summed E-state index contributed by atoms with van der Waals surface area (Å²) in [6.45, 7) is 6.26. The Morgan fingerprint density at radius 3 is 2.21 bits per heavy atom. The minimum atomic E-state index is -4.38. The molecule has 0 aliphatic heterocycles. The molecule has 0 spiro atoms. The normalized spacial score (nSPS) is 12.6. The zero-order valence-electron chi connectivity index (χ0n) is 16.5. The van der Waals surface area contributed by atoms with E-state index in [-0.39, 0.29) is 6.61 Å². The average Bonchev–Trinajstić information content (AvgIpc) is 2.71. The molecule has 8 heteroatoms. The third-order valence-electron chi connectivity index (χ3n) is 3.75. The minimum Gasteiger partial charge on any atom is -0.489 e. The molecule has 29 heavy (non-hydrogen) atoms. The molecule has 2 aromatic rings. The van der Waals surface area contributed by atoms with Gasteiger partial charge in [-0.15, -0.1) is 0 Å². The van der Waals surface area contributed by atoms with E-state index in [0.29, 0.717) is 36.0 Å². The maximum absolute atomic E-state index is 12.8. The Bertz CT molecular complexity index is 847. The highest BCUT2D eigenvalue weighted by Gasteiger charge is 2.30. The number of rotatable bonds is 9. The van der Waals surface area contributed by atoms with Gasteiger partial charge in [-0.3, -0.25) is 0 Å². The first-order chi connectivity index (χ1) is 13.8. The van der Waals surface area contributed by atoms with Gasteiger partial charge >= 0.3 is 6.18 Å². The standard InChI is InChI=1S/C21H23F3N2O3/c1-4-28-25-15(3)20(26-29-5-2)17-9-11-19(12-10-17)27-14-16-7-6-8-18(13-16)21(22,23)24/h6-13H,4-5,14H2,1-3H3. The molecule has 0 amide bonds. The van der Waals surface area contributed by atoms with E-state index in [1.54, 1.807) is 37.3 Å². The van der Waals surface area contributed by atoms with E-state index in [2.05, 4.69) is 10.3 Å². The molecule has 2 aromatic carbocycles. The molecule has 0 heterocycles. The molecule has 0 fully saturated rings. The number of hydrogen-bond acceptors (Lipinski definition) is 5. The summed E-state index contributed by atoms with van der Waals surface area (Å²) in [7, 11) is 0. The number of hydrogen-bond donors (Lipinski definition) is 0. The number of benzene rings is 2. The Morgan fingerprint density at radius 1 is 0.931 bits per heavy atom. The zero-order valence-corrected chi connectivity index (χ0v) is 16.5. The van der Waals surface area contributed by atoms with Crippen LogP contribution in [0.3, 0.4) is 0 Å². The smallest absolute Gasteiger partial charge is 0.416 e. The Balaban J connectivity index is 2.11. The summed E-state index contributed by atoms with van der Waals surface area (Å²) in [5.74, 6) is 0.515. The van der Waals surface area contributed by atoms with Crippen molar-refractivity contribution < 1.29 is 27.6 Å². The molecule has 0 aliphatic rings. The minimum absolute atomic E-state index is 0.0218. The van der Waals surface area contributed by atoms with E-state index in [1.165, 1.54) is 6.07 Å². The lowest BCUT2D eigenvalue weighted by atomic mass is 10.1. The van der Waals surface area contributed by atoms with Gasteiger partial charge < -0.3 is 14.4 Å². The Hall–Kier alpha value is -3.03. The first-order valence-electron chi connectivity index (χ1n) is 9.11. The van der Waals surface area contributed by atoms with Gasteiger partial charge in [0.1, 0.15) is 37.0 Å². The molecule has 0 N–H and O–H groups in total. The van der Waals surface area contributed by atoms with Gasteiger partial charge in [0.2, 0.25) is 0 Å². The second-order valence-electron chi connectivity index (χ2n) is 5.96. The molecule has 0 radical (unpaired) electrons. The maximum atomic E-state index is 12.8. The fourth-order valence-electron chi connectivity index (χ4n) is 2.37. The van der Waals surface area contributed by atoms with E-state index < -0.39 is 11.7 Å². The highest BCUT2D eigenvalue weighted by atomic mass is 19.4. The molecule has 0 bridgehead atoms. The molecular formula is C21H23F3N2O3. The Labute approximate surface area is 167 Å². The van der Waals surface area contributed by atoms with Gasteiger partial charge in [-0.1, -0.05) is 22.4 Å². The first kappa shape index (κ1) is 22.3. The third-order valence-corrected chi connectivity index (χ3v) is 3.75. The van der Waals surface area contributed by atoms with Crippen LogP contribution in [0.2, 0.25) is 0 Å². The third kappa shape index (κ3) is 6.81. The quantitative estimate of drug-likeness (QED) is 0.410. The molecule has 0 aliphatic carbocycles. The van der Waals surface area contributed by atoms with E-state index in [0.717, 1.165) is 17.7 Å². The molecule has 5 nitrogen and oxygen atoms in total. The SMILES string of the molecule is CCON=C(C)C(=NOCC)c1ccc(OCc2cccc(C(F)(F)F)c2)cc1. The fraction of sp³-hybridized carbons (Fsp3) is 0.333. The van der Waals surface area contributed by atoms with Gasteiger partial charge in [-0.2, -0.15) is 13.2 Å². The topological polar surface area (TPSA) is 52.4 Å². The molecule has 2 rings (SSSR count). The van der Waals surface area contributed by atoms with Crippen LogP contribution >= 0.6 is 0 Å². The van der Waals surface area contributed by atoms with Gasteiger partial charge in [0.25, 0.3) is 0 Å². The van der Waals surface area contributed by atoms with Crippen molar-refractivity contribution in [2.75, 3.05) is 13.2 Å². The van der Waals surface area contributed by atoms with Crippen LogP contribution in [-0.4, -0.2) is 24.6 Å². The summed E-state index contributed by atoms with van der Waals surface area (Å²) in [6, 6.07) is 12.0. The van der Waals surface area contributed by atoms with Crippen molar-refractivity contribution in [3.05, 3.63) is 65.2 Å².